The van der Waals surface area contributed by atoms with Crippen LogP contribution < -0.4 is 4.74 Å². The second kappa shape index (κ2) is 9.92. The molecule has 0 spiro atoms. The number of methoxy groups -OCH3 is 1. The zero-order valence-corrected chi connectivity index (χ0v) is 17.2. The summed E-state index contributed by atoms with van der Waals surface area (Å²) in [5.41, 5.74) is 1.51. The Hall–Kier alpha value is -2.34. The van der Waals surface area contributed by atoms with E-state index in [4.69, 9.17) is 25.8 Å². The SMILES string of the molecule is C/C=C/CC(C(=O)O)[C@@H]1CO[C@H](c2ccccc2Cl)O[C@@H]1c1ccccc1OC. The first kappa shape index (κ1) is 21.4. The molecule has 3 rings (SSSR count). The fraction of sp³-hybridized carbons (Fsp3) is 0.348. The van der Waals surface area contributed by atoms with Gasteiger partial charge < -0.3 is 19.3 Å². The van der Waals surface area contributed by atoms with Gasteiger partial charge in [-0.15, -0.1) is 0 Å². The van der Waals surface area contributed by atoms with Gasteiger partial charge in [0.1, 0.15) is 5.75 Å². The normalized spacial score (nSPS) is 23.1. The summed E-state index contributed by atoms with van der Waals surface area (Å²) in [6, 6.07) is 14.8. The highest BCUT2D eigenvalue weighted by Crippen LogP contribution is 2.45. The van der Waals surface area contributed by atoms with Gasteiger partial charge in [-0.05, 0) is 25.5 Å². The standard InChI is InChI=1S/C23H25ClO5/c1-3-4-9-15(22(25)26)18-14-28-23(16-10-5-7-12-19(16)24)29-21(18)17-11-6-8-13-20(17)27-2/h3-8,10-13,15,18,21,23H,9,14H2,1-2H3,(H,25,26)/b4-3+/t15?,18-,21+,23-/m0/s1. The lowest BCUT2D eigenvalue weighted by atomic mass is 9.81. The van der Waals surface area contributed by atoms with Crippen molar-refractivity contribution >= 4 is 17.6 Å². The number of para-hydroxylation sites is 1. The third kappa shape index (κ3) is 4.81. The summed E-state index contributed by atoms with van der Waals surface area (Å²) in [7, 11) is 1.59. The summed E-state index contributed by atoms with van der Waals surface area (Å²) >= 11 is 6.34. The summed E-state index contributed by atoms with van der Waals surface area (Å²) in [6.45, 7) is 2.10. The molecule has 0 aromatic heterocycles. The molecule has 1 fully saturated rings. The van der Waals surface area contributed by atoms with Crippen LogP contribution in [-0.2, 0) is 14.3 Å². The lowest BCUT2D eigenvalue weighted by Gasteiger charge is -2.40. The molecule has 1 heterocycles. The summed E-state index contributed by atoms with van der Waals surface area (Å²) in [6.07, 6.45) is 2.90. The second-order valence-electron chi connectivity index (χ2n) is 6.90. The van der Waals surface area contributed by atoms with Gasteiger partial charge in [-0.3, -0.25) is 4.79 Å². The van der Waals surface area contributed by atoms with Crippen LogP contribution in [0.4, 0.5) is 0 Å². The van der Waals surface area contributed by atoms with E-state index in [-0.39, 0.29) is 6.61 Å². The van der Waals surface area contributed by atoms with E-state index in [1.165, 1.54) is 0 Å². The third-order valence-corrected chi connectivity index (χ3v) is 5.51. The molecule has 1 N–H and O–H groups in total. The largest absolute Gasteiger partial charge is 0.496 e. The van der Waals surface area contributed by atoms with Crippen molar-refractivity contribution in [2.75, 3.05) is 13.7 Å². The fourth-order valence-electron chi connectivity index (χ4n) is 3.66. The van der Waals surface area contributed by atoms with Crippen molar-refractivity contribution in [2.45, 2.75) is 25.7 Å². The molecule has 6 heteroatoms. The fourth-order valence-corrected chi connectivity index (χ4v) is 3.89. The number of halogens is 1. The number of rotatable bonds is 7. The maximum Gasteiger partial charge on any atom is 0.307 e. The van der Waals surface area contributed by atoms with Gasteiger partial charge in [-0.25, -0.2) is 0 Å². The Morgan fingerprint density at radius 3 is 2.59 bits per heavy atom. The van der Waals surface area contributed by atoms with Gasteiger partial charge in [0.15, 0.2) is 6.29 Å². The Morgan fingerprint density at radius 1 is 1.24 bits per heavy atom. The van der Waals surface area contributed by atoms with Crippen LogP contribution in [0.25, 0.3) is 0 Å². The first-order valence-corrected chi connectivity index (χ1v) is 9.93. The highest BCUT2D eigenvalue weighted by atomic mass is 35.5. The van der Waals surface area contributed by atoms with Gasteiger partial charge >= 0.3 is 5.97 Å². The van der Waals surface area contributed by atoms with E-state index in [2.05, 4.69) is 0 Å². The second-order valence-corrected chi connectivity index (χ2v) is 7.31. The molecule has 1 unspecified atom stereocenters. The summed E-state index contributed by atoms with van der Waals surface area (Å²) in [4.78, 5) is 12.0. The van der Waals surface area contributed by atoms with E-state index in [1.54, 1.807) is 13.2 Å². The number of ether oxygens (including phenoxy) is 3. The molecule has 5 nitrogen and oxygen atoms in total. The van der Waals surface area contributed by atoms with Crippen molar-refractivity contribution in [3.05, 3.63) is 76.8 Å². The summed E-state index contributed by atoms with van der Waals surface area (Å²) < 4.78 is 17.8. The average Bonchev–Trinajstić information content (AvgIpc) is 2.74. The quantitative estimate of drug-likeness (QED) is 0.610. The van der Waals surface area contributed by atoms with Crippen molar-refractivity contribution in [3.63, 3.8) is 0 Å². The molecule has 29 heavy (non-hydrogen) atoms. The van der Waals surface area contributed by atoms with Gasteiger partial charge in [0, 0.05) is 22.1 Å². The van der Waals surface area contributed by atoms with Crippen LogP contribution in [-0.4, -0.2) is 24.8 Å². The van der Waals surface area contributed by atoms with Gasteiger partial charge in [0.2, 0.25) is 0 Å². The average molecular weight is 417 g/mol. The molecule has 0 bridgehead atoms. The number of carboxylic acids is 1. The van der Waals surface area contributed by atoms with Crippen LogP contribution >= 0.6 is 11.6 Å². The van der Waals surface area contributed by atoms with E-state index < -0.39 is 30.2 Å². The van der Waals surface area contributed by atoms with Crippen molar-refractivity contribution in [1.29, 1.82) is 0 Å². The molecule has 2 aromatic carbocycles. The molecular formula is C23H25ClO5. The lowest BCUT2D eigenvalue weighted by molar-refractivity contribution is -0.253. The van der Waals surface area contributed by atoms with Crippen LogP contribution in [0.2, 0.25) is 5.02 Å². The van der Waals surface area contributed by atoms with Gasteiger partial charge in [0.05, 0.1) is 25.7 Å². The van der Waals surface area contributed by atoms with Crippen LogP contribution in [0.5, 0.6) is 5.75 Å². The smallest absolute Gasteiger partial charge is 0.307 e. The predicted octanol–water partition coefficient (Wildman–Crippen LogP) is 5.42. The molecule has 0 saturated carbocycles. The lowest BCUT2D eigenvalue weighted by Crippen LogP contribution is -2.38. The molecule has 0 amide bonds. The summed E-state index contributed by atoms with van der Waals surface area (Å²) in [5, 5.41) is 10.4. The topological polar surface area (TPSA) is 65.0 Å². The van der Waals surface area contributed by atoms with E-state index in [9.17, 15) is 9.90 Å². The minimum Gasteiger partial charge on any atom is -0.496 e. The number of benzene rings is 2. The Kier molecular flexibility index (Phi) is 7.31. The van der Waals surface area contributed by atoms with Crippen molar-refractivity contribution in [3.8, 4) is 5.75 Å². The minimum atomic E-state index is -0.878. The number of hydrogen-bond donors (Lipinski definition) is 1. The summed E-state index contributed by atoms with van der Waals surface area (Å²) in [5.74, 6) is -1.28. The third-order valence-electron chi connectivity index (χ3n) is 5.16. The number of carbonyl (C=O) groups is 1. The van der Waals surface area contributed by atoms with E-state index in [0.717, 1.165) is 5.56 Å². The Labute approximate surface area is 175 Å². The monoisotopic (exact) mass is 416 g/mol. The highest BCUT2D eigenvalue weighted by molar-refractivity contribution is 6.31. The molecular weight excluding hydrogens is 392 g/mol. The first-order chi connectivity index (χ1) is 14.1. The van der Waals surface area contributed by atoms with Crippen LogP contribution in [0.3, 0.4) is 0 Å². The van der Waals surface area contributed by atoms with Crippen LogP contribution in [0, 0.1) is 11.8 Å². The molecule has 154 valence electrons. The van der Waals surface area contributed by atoms with E-state index in [0.29, 0.717) is 22.8 Å². The Morgan fingerprint density at radius 2 is 1.93 bits per heavy atom. The Balaban J connectivity index is 2.00. The maximum absolute atomic E-state index is 12.0. The molecule has 4 atom stereocenters. The van der Waals surface area contributed by atoms with Crippen LogP contribution in [0.15, 0.2) is 60.7 Å². The number of allylic oxidation sites excluding steroid dienone is 2. The van der Waals surface area contributed by atoms with Gasteiger partial charge in [-0.2, -0.15) is 0 Å². The zero-order chi connectivity index (χ0) is 20.8. The van der Waals surface area contributed by atoms with Crippen molar-refractivity contribution < 1.29 is 24.1 Å². The molecule has 1 aliphatic heterocycles. The Bertz CT molecular complexity index is 866. The molecule has 1 aliphatic rings. The van der Waals surface area contributed by atoms with Gasteiger partial charge in [0.25, 0.3) is 0 Å². The molecule has 2 aromatic rings. The first-order valence-electron chi connectivity index (χ1n) is 9.55. The van der Waals surface area contributed by atoms with Crippen molar-refractivity contribution in [1.82, 2.24) is 0 Å². The number of hydrogen-bond acceptors (Lipinski definition) is 4. The molecule has 0 radical (unpaired) electrons. The maximum atomic E-state index is 12.0. The number of aliphatic carboxylic acids is 1. The minimum absolute atomic E-state index is 0.229. The molecule has 0 aliphatic carbocycles. The highest BCUT2D eigenvalue weighted by Gasteiger charge is 2.42. The number of carboxylic acid groups (broad SMARTS) is 1. The van der Waals surface area contributed by atoms with E-state index in [1.807, 2.05) is 61.5 Å². The zero-order valence-electron chi connectivity index (χ0n) is 16.5. The van der Waals surface area contributed by atoms with E-state index >= 15 is 0 Å². The van der Waals surface area contributed by atoms with Gasteiger partial charge in [-0.1, -0.05) is 60.2 Å². The van der Waals surface area contributed by atoms with Crippen molar-refractivity contribution in [2.24, 2.45) is 11.8 Å². The van der Waals surface area contributed by atoms with Crippen LogP contribution in [0.1, 0.15) is 36.9 Å². The predicted molar refractivity (Wildman–Crippen MR) is 111 cm³/mol. The molecule has 1 saturated heterocycles.